The van der Waals surface area contributed by atoms with Crippen LogP contribution in [0.5, 0.6) is 5.75 Å². The molecule has 16 heteroatoms. The molecule has 3 N–H and O–H groups in total. The number of alkyl halides is 3. The summed E-state index contributed by atoms with van der Waals surface area (Å²) >= 11 is 0. The molecule has 1 aromatic heterocycles. The third-order valence-corrected chi connectivity index (χ3v) is 8.41. The lowest BCUT2D eigenvalue weighted by atomic mass is 9.99. The Hall–Kier alpha value is -4.31. The highest BCUT2D eigenvalue weighted by atomic mass is 32.2. The molecule has 0 fully saturated rings. The van der Waals surface area contributed by atoms with Gasteiger partial charge >= 0.3 is 12.2 Å². The zero-order chi connectivity index (χ0) is 32.4. The molecule has 0 saturated heterocycles. The molecule has 12 nitrogen and oxygen atoms in total. The molecular weight excluding hydrogens is 605 g/mol. The number of aryl methyl sites for hydroxylation is 1. The summed E-state index contributed by atoms with van der Waals surface area (Å²) in [6.45, 7) is 3.20. The number of carbonyl (C=O) groups is 2. The van der Waals surface area contributed by atoms with Gasteiger partial charge in [-0.25, -0.2) is 9.78 Å². The van der Waals surface area contributed by atoms with Crippen LogP contribution in [0.4, 0.5) is 29.3 Å². The Balaban J connectivity index is 1.64. The van der Waals surface area contributed by atoms with Crippen LogP contribution in [0, 0.1) is 5.92 Å². The molecule has 3 aromatic rings. The quantitative estimate of drug-likeness (QED) is 0.342. The monoisotopic (exact) mass is 638 g/mol. The number of likely N-dealkylation sites (N-methyl/N-ethyl adjacent to an activating group) is 1. The van der Waals surface area contributed by atoms with Crippen LogP contribution in [0.3, 0.4) is 0 Å². The summed E-state index contributed by atoms with van der Waals surface area (Å²) in [5, 5.41) is 12.2. The molecular formula is C28H33F3N6O6S. The highest BCUT2D eigenvalue weighted by Gasteiger charge is 2.36. The molecule has 0 spiro atoms. The Morgan fingerprint density at radius 1 is 1.23 bits per heavy atom. The second-order valence-corrected chi connectivity index (χ2v) is 12.3. The van der Waals surface area contributed by atoms with Crippen LogP contribution in [0.15, 0.2) is 60.0 Å². The second-order valence-electron chi connectivity index (χ2n) is 10.7. The number of hydrogen-bond acceptors (Lipinski definition) is 7. The molecule has 2 aromatic carbocycles. The number of benzene rings is 2. The van der Waals surface area contributed by atoms with E-state index in [2.05, 4.69) is 15.0 Å². The number of carbonyl (C=O) groups excluding carboxylic acids is 2. The van der Waals surface area contributed by atoms with E-state index in [4.69, 9.17) is 4.74 Å². The number of aliphatic hydroxyl groups excluding tert-OH is 1. The average Bonchev–Trinajstić information content (AvgIpc) is 3.41. The molecule has 1 aliphatic heterocycles. The van der Waals surface area contributed by atoms with Crippen LogP contribution in [-0.2, 0) is 23.2 Å². The van der Waals surface area contributed by atoms with Crippen molar-refractivity contribution in [1.29, 1.82) is 0 Å². The van der Waals surface area contributed by atoms with Crippen molar-refractivity contribution in [2.75, 3.05) is 36.8 Å². The smallest absolute Gasteiger partial charge is 0.416 e. The van der Waals surface area contributed by atoms with Crippen LogP contribution < -0.4 is 14.8 Å². The van der Waals surface area contributed by atoms with Gasteiger partial charge in [-0.3, -0.25) is 9.52 Å². The number of sulfonamides is 1. The molecule has 0 radical (unpaired) electrons. The summed E-state index contributed by atoms with van der Waals surface area (Å²) in [4.78, 5) is 33.3. The fraction of sp³-hybridized carbons (Fsp3) is 0.393. The summed E-state index contributed by atoms with van der Waals surface area (Å²) in [6, 6.07) is 7.15. The number of fused-ring (bicyclic) bond motifs is 1. The Bertz CT molecular complexity index is 1610. The van der Waals surface area contributed by atoms with E-state index in [-0.39, 0.29) is 47.4 Å². The zero-order valence-electron chi connectivity index (χ0n) is 24.4. The lowest BCUT2D eigenvalue weighted by Crippen LogP contribution is -2.50. The van der Waals surface area contributed by atoms with Gasteiger partial charge in [-0.15, -0.1) is 0 Å². The van der Waals surface area contributed by atoms with E-state index in [1.54, 1.807) is 20.9 Å². The average molecular weight is 639 g/mol. The SMILES string of the molecule is C[C@@H]1CN([C@@H](C)CO)C(=O)c2cccc(NS(=O)(=O)c3cn(C)cn3)c2O[C@H]1CN(C)C(=O)Nc1ccc(C(F)(F)F)cc1. The van der Waals surface area contributed by atoms with Crippen molar-refractivity contribution < 1.29 is 41.0 Å². The standard InChI is InChI=1S/C28H33F3N6O6S/c1-17-12-37(18(2)15-38)26(39)21-6-5-7-22(34-44(41,42)24-14-35(3)16-32-24)25(21)43-23(17)13-36(4)27(40)33-20-10-8-19(9-11-20)28(29,30)31/h5-11,14,16-18,23,34,38H,12-13,15H2,1-4H3,(H,33,40)/t17-,18+,23+/m1/s1. The summed E-state index contributed by atoms with van der Waals surface area (Å²) in [7, 11) is -1.11. The first-order valence-electron chi connectivity index (χ1n) is 13.5. The van der Waals surface area contributed by atoms with Gasteiger partial charge in [-0.1, -0.05) is 13.0 Å². The predicted octanol–water partition coefficient (Wildman–Crippen LogP) is 3.62. The van der Waals surface area contributed by atoms with E-state index in [0.29, 0.717) is 0 Å². The lowest BCUT2D eigenvalue weighted by molar-refractivity contribution is -0.137. The maximum Gasteiger partial charge on any atom is 0.416 e. The first-order chi connectivity index (χ1) is 20.6. The number of amides is 3. The number of hydrogen-bond donors (Lipinski definition) is 3. The van der Waals surface area contributed by atoms with Crippen LogP contribution >= 0.6 is 0 Å². The number of aliphatic hydroxyl groups is 1. The Morgan fingerprint density at radius 2 is 1.91 bits per heavy atom. The molecule has 238 valence electrons. The minimum Gasteiger partial charge on any atom is -0.485 e. The fourth-order valence-electron chi connectivity index (χ4n) is 4.58. The Labute approximate surface area is 252 Å². The molecule has 2 heterocycles. The summed E-state index contributed by atoms with van der Waals surface area (Å²) < 4.78 is 75.2. The number of ether oxygens (including phenoxy) is 1. The topological polar surface area (TPSA) is 146 Å². The van der Waals surface area contributed by atoms with E-state index in [1.807, 2.05) is 0 Å². The lowest BCUT2D eigenvalue weighted by Gasteiger charge is -2.38. The van der Waals surface area contributed by atoms with Crippen molar-refractivity contribution in [3.8, 4) is 5.75 Å². The second kappa shape index (κ2) is 12.7. The van der Waals surface area contributed by atoms with Crippen molar-refractivity contribution in [3.63, 3.8) is 0 Å². The van der Waals surface area contributed by atoms with Crippen LogP contribution in [0.2, 0.25) is 0 Å². The number of urea groups is 1. The van der Waals surface area contributed by atoms with Crippen molar-refractivity contribution in [1.82, 2.24) is 19.4 Å². The number of rotatable bonds is 8. The zero-order valence-corrected chi connectivity index (χ0v) is 25.2. The van der Waals surface area contributed by atoms with Gasteiger partial charge in [0.25, 0.3) is 15.9 Å². The third kappa shape index (κ3) is 7.24. The molecule has 1 aliphatic rings. The predicted molar refractivity (Wildman–Crippen MR) is 155 cm³/mol. The van der Waals surface area contributed by atoms with Gasteiger partial charge in [-0.2, -0.15) is 21.6 Å². The largest absolute Gasteiger partial charge is 0.485 e. The summed E-state index contributed by atoms with van der Waals surface area (Å²) in [6.07, 6.45) is -2.68. The normalized spacial score (nSPS) is 18.0. The molecule has 44 heavy (non-hydrogen) atoms. The Kier molecular flexibility index (Phi) is 9.44. The van der Waals surface area contributed by atoms with E-state index >= 15 is 0 Å². The molecule has 0 bridgehead atoms. The first kappa shape index (κ1) is 32.6. The molecule has 3 amide bonds. The van der Waals surface area contributed by atoms with Gasteiger partial charge in [-0.05, 0) is 43.3 Å². The van der Waals surface area contributed by atoms with Gasteiger partial charge in [0.2, 0.25) is 0 Å². The van der Waals surface area contributed by atoms with E-state index in [9.17, 15) is 36.3 Å². The van der Waals surface area contributed by atoms with Crippen LogP contribution in [0.25, 0.3) is 0 Å². The minimum absolute atomic E-state index is 0.0333. The number of aromatic nitrogens is 2. The number of para-hydroxylation sites is 1. The van der Waals surface area contributed by atoms with Crippen molar-refractivity contribution in [2.45, 2.75) is 37.2 Å². The minimum atomic E-state index is -4.52. The number of nitrogens with zero attached hydrogens (tertiary/aromatic N) is 4. The van der Waals surface area contributed by atoms with Gasteiger partial charge in [0.15, 0.2) is 10.8 Å². The molecule has 3 atom stereocenters. The van der Waals surface area contributed by atoms with Crippen molar-refractivity contribution in [3.05, 3.63) is 66.1 Å². The van der Waals surface area contributed by atoms with Gasteiger partial charge in [0, 0.05) is 38.4 Å². The summed E-state index contributed by atoms with van der Waals surface area (Å²) in [5.41, 5.74) is -0.703. The first-order valence-corrected chi connectivity index (χ1v) is 15.0. The highest BCUT2D eigenvalue weighted by Crippen LogP contribution is 2.36. The maximum absolute atomic E-state index is 13.6. The van der Waals surface area contributed by atoms with Gasteiger partial charge < -0.3 is 29.5 Å². The number of halogens is 3. The highest BCUT2D eigenvalue weighted by molar-refractivity contribution is 7.92. The number of anilines is 2. The van der Waals surface area contributed by atoms with Crippen LogP contribution in [0.1, 0.15) is 29.8 Å². The van der Waals surface area contributed by atoms with Crippen LogP contribution in [-0.4, -0.2) is 83.7 Å². The summed E-state index contributed by atoms with van der Waals surface area (Å²) in [5.74, 6) is -0.984. The molecule has 0 aliphatic carbocycles. The van der Waals surface area contributed by atoms with E-state index in [1.165, 1.54) is 52.1 Å². The fourth-order valence-corrected chi connectivity index (χ4v) is 5.63. The molecule has 0 saturated carbocycles. The number of nitrogens with one attached hydrogen (secondary N) is 2. The van der Waals surface area contributed by atoms with Crippen molar-refractivity contribution >= 4 is 33.3 Å². The third-order valence-electron chi connectivity index (χ3n) is 7.16. The Morgan fingerprint density at radius 3 is 2.50 bits per heavy atom. The van der Waals surface area contributed by atoms with Gasteiger partial charge in [0.05, 0.1) is 42.3 Å². The van der Waals surface area contributed by atoms with Crippen molar-refractivity contribution in [2.24, 2.45) is 13.0 Å². The molecule has 4 rings (SSSR count). The van der Waals surface area contributed by atoms with E-state index < -0.39 is 51.8 Å². The maximum atomic E-state index is 13.6. The van der Waals surface area contributed by atoms with Gasteiger partial charge in [0.1, 0.15) is 6.10 Å². The van der Waals surface area contributed by atoms with E-state index in [0.717, 1.165) is 24.3 Å². The molecule has 0 unspecified atom stereocenters. The number of imidazole rings is 1.